The van der Waals surface area contributed by atoms with Crippen molar-refractivity contribution in [2.24, 2.45) is 5.92 Å². The van der Waals surface area contributed by atoms with Crippen LogP contribution >= 0.6 is 0 Å². The van der Waals surface area contributed by atoms with Crippen LogP contribution in [0.15, 0.2) is 18.2 Å². The Hall–Kier alpha value is -1.18. The van der Waals surface area contributed by atoms with Crippen molar-refractivity contribution in [2.75, 3.05) is 0 Å². The zero-order chi connectivity index (χ0) is 12.1. The smallest absolute Gasteiger partial charge is 0.135 e. The van der Waals surface area contributed by atoms with Crippen LogP contribution in [0.25, 0.3) is 0 Å². The van der Waals surface area contributed by atoms with Crippen LogP contribution in [0, 0.1) is 18.7 Å². The van der Waals surface area contributed by atoms with Crippen LogP contribution in [0.5, 0.6) is 0 Å². The van der Waals surface area contributed by atoms with Crippen LogP contribution in [0.2, 0.25) is 0 Å². The highest BCUT2D eigenvalue weighted by Crippen LogP contribution is 2.14. The Morgan fingerprint density at radius 1 is 1.38 bits per heavy atom. The van der Waals surface area contributed by atoms with Crippen LogP contribution in [-0.2, 0) is 11.2 Å². The summed E-state index contributed by atoms with van der Waals surface area (Å²) in [6, 6.07) is 4.82. The highest BCUT2D eigenvalue weighted by atomic mass is 19.1. The standard InChI is InChI=1S/C14H19FO/c1-10(2)14(16)6-4-5-12-9-13(15)8-7-11(12)3/h7-10H,4-6H2,1-3H3. The Balaban J connectivity index is 2.49. The molecule has 0 heterocycles. The lowest BCUT2D eigenvalue weighted by Crippen LogP contribution is -2.07. The van der Waals surface area contributed by atoms with Gasteiger partial charge in [-0.05, 0) is 43.0 Å². The predicted molar refractivity (Wildman–Crippen MR) is 63.9 cm³/mol. The van der Waals surface area contributed by atoms with Gasteiger partial charge >= 0.3 is 0 Å². The predicted octanol–water partition coefficient (Wildman–Crippen LogP) is 3.68. The number of aryl methyl sites for hydroxylation is 2. The van der Waals surface area contributed by atoms with Crippen molar-refractivity contribution >= 4 is 5.78 Å². The fourth-order valence-corrected chi connectivity index (χ4v) is 1.65. The molecule has 0 bridgehead atoms. The van der Waals surface area contributed by atoms with Crippen LogP contribution in [0.4, 0.5) is 4.39 Å². The average molecular weight is 222 g/mol. The minimum absolute atomic E-state index is 0.105. The number of hydrogen-bond acceptors (Lipinski definition) is 1. The van der Waals surface area contributed by atoms with Gasteiger partial charge in [-0.25, -0.2) is 4.39 Å². The zero-order valence-corrected chi connectivity index (χ0v) is 10.2. The summed E-state index contributed by atoms with van der Waals surface area (Å²) in [7, 11) is 0. The van der Waals surface area contributed by atoms with E-state index in [0.29, 0.717) is 6.42 Å². The van der Waals surface area contributed by atoms with E-state index in [4.69, 9.17) is 0 Å². The van der Waals surface area contributed by atoms with Gasteiger partial charge in [-0.1, -0.05) is 19.9 Å². The van der Waals surface area contributed by atoms with E-state index >= 15 is 0 Å². The largest absolute Gasteiger partial charge is 0.299 e. The van der Waals surface area contributed by atoms with Crippen LogP contribution in [0.1, 0.15) is 37.8 Å². The maximum absolute atomic E-state index is 13.0. The van der Waals surface area contributed by atoms with Gasteiger partial charge in [-0.3, -0.25) is 4.79 Å². The molecule has 0 radical (unpaired) electrons. The van der Waals surface area contributed by atoms with E-state index in [9.17, 15) is 9.18 Å². The molecule has 1 nitrogen and oxygen atoms in total. The van der Waals surface area contributed by atoms with Crippen LogP contribution < -0.4 is 0 Å². The van der Waals surface area contributed by atoms with Crippen LogP contribution in [-0.4, -0.2) is 5.78 Å². The molecule has 0 saturated heterocycles. The highest BCUT2D eigenvalue weighted by molar-refractivity contribution is 5.80. The molecule has 1 aromatic carbocycles. The van der Waals surface area contributed by atoms with Gasteiger partial charge in [0.05, 0.1) is 0 Å². The number of carbonyl (C=O) groups is 1. The van der Waals surface area contributed by atoms with Crippen molar-refractivity contribution in [3.05, 3.63) is 35.1 Å². The molecule has 0 fully saturated rings. The summed E-state index contributed by atoms with van der Waals surface area (Å²) < 4.78 is 13.0. The van der Waals surface area contributed by atoms with Gasteiger partial charge in [-0.15, -0.1) is 0 Å². The van der Waals surface area contributed by atoms with Crippen molar-refractivity contribution in [1.82, 2.24) is 0 Å². The molecule has 0 aliphatic carbocycles. The van der Waals surface area contributed by atoms with E-state index in [1.807, 2.05) is 20.8 Å². The average Bonchev–Trinajstić information content (AvgIpc) is 2.22. The van der Waals surface area contributed by atoms with Crippen molar-refractivity contribution in [3.8, 4) is 0 Å². The van der Waals surface area contributed by atoms with Crippen molar-refractivity contribution in [1.29, 1.82) is 0 Å². The van der Waals surface area contributed by atoms with E-state index in [1.165, 1.54) is 6.07 Å². The Morgan fingerprint density at radius 2 is 2.06 bits per heavy atom. The number of Topliss-reactive ketones (excluding diaryl/α,β-unsaturated/α-hetero) is 1. The Bertz CT molecular complexity index is 369. The van der Waals surface area contributed by atoms with E-state index in [1.54, 1.807) is 12.1 Å². The van der Waals surface area contributed by atoms with Gasteiger partial charge in [0.15, 0.2) is 0 Å². The Kier molecular flexibility index (Phi) is 4.66. The van der Waals surface area contributed by atoms with E-state index < -0.39 is 0 Å². The zero-order valence-electron chi connectivity index (χ0n) is 10.2. The molecule has 88 valence electrons. The molecular weight excluding hydrogens is 203 g/mol. The Labute approximate surface area is 96.7 Å². The third-order valence-electron chi connectivity index (χ3n) is 2.82. The number of rotatable bonds is 5. The molecule has 1 aromatic rings. The van der Waals surface area contributed by atoms with E-state index in [2.05, 4.69) is 0 Å². The second-order valence-corrected chi connectivity index (χ2v) is 4.55. The van der Waals surface area contributed by atoms with Gasteiger partial charge < -0.3 is 0 Å². The molecule has 2 heteroatoms. The molecule has 0 aliphatic heterocycles. The molecule has 0 aliphatic rings. The maximum Gasteiger partial charge on any atom is 0.135 e. The minimum atomic E-state index is -0.198. The minimum Gasteiger partial charge on any atom is -0.299 e. The molecular formula is C14H19FO. The van der Waals surface area contributed by atoms with Gasteiger partial charge in [0.25, 0.3) is 0 Å². The third kappa shape index (κ3) is 3.76. The number of hydrogen-bond donors (Lipinski definition) is 0. The lowest BCUT2D eigenvalue weighted by molar-refractivity contribution is -0.121. The molecule has 0 amide bonds. The summed E-state index contributed by atoms with van der Waals surface area (Å²) >= 11 is 0. The maximum atomic E-state index is 13.0. The second kappa shape index (κ2) is 5.78. The van der Waals surface area contributed by atoms with Gasteiger partial charge in [0.2, 0.25) is 0 Å². The first kappa shape index (κ1) is 12.9. The summed E-state index contributed by atoms with van der Waals surface area (Å²) in [5.41, 5.74) is 2.11. The fraction of sp³-hybridized carbons (Fsp3) is 0.500. The molecule has 0 saturated carbocycles. The van der Waals surface area contributed by atoms with Gasteiger partial charge in [-0.2, -0.15) is 0 Å². The SMILES string of the molecule is Cc1ccc(F)cc1CCCC(=O)C(C)C. The Morgan fingerprint density at radius 3 is 2.69 bits per heavy atom. The van der Waals surface area contributed by atoms with E-state index in [-0.39, 0.29) is 17.5 Å². The summed E-state index contributed by atoms with van der Waals surface area (Å²) in [4.78, 5) is 11.4. The monoisotopic (exact) mass is 222 g/mol. The van der Waals surface area contributed by atoms with Crippen molar-refractivity contribution in [3.63, 3.8) is 0 Å². The molecule has 0 atom stereocenters. The molecule has 16 heavy (non-hydrogen) atoms. The van der Waals surface area contributed by atoms with Crippen molar-refractivity contribution < 1.29 is 9.18 Å². The number of ketones is 1. The molecule has 0 spiro atoms. The number of halogens is 1. The number of carbonyl (C=O) groups excluding carboxylic acids is 1. The molecule has 1 rings (SSSR count). The van der Waals surface area contributed by atoms with Crippen LogP contribution in [0.3, 0.4) is 0 Å². The first-order chi connectivity index (χ1) is 7.50. The third-order valence-corrected chi connectivity index (χ3v) is 2.82. The van der Waals surface area contributed by atoms with Gasteiger partial charge in [0, 0.05) is 12.3 Å². The summed E-state index contributed by atoms with van der Waals surface area (Å²) in [6.45, 7) is 5.80. The first-order valence-corrected chi connectivity index (χ1v) is 5.78. The molecule has 0 unspecified atom stereocenters. The lowest BCUT2D eigenvalue weighted by Gasteiger charge is -2.06. The number of benzene rings is 1. The topological polar surface area (TPSA) is 17.1 Å². The summed E-state index contributed by atoms with van der Waals surface area (Å²) in [6.07, 6.45) is 2.18. The highest BCUT2D eigenvalue weighted by Gasteiger charge is 2.07. The van der Waals surface area contributed by atoms with E-state index in [0.717, 1.165) is 24.0 Å². The van der Waals surface area contributed by atoms with Crippen molar-refractivity contribution in [2.45, 2.75) is 40.0 Å². The quantitative estimate of drug-likeness (QED) is 0.742. The normalized spacial score (nSPS) is 10.8. The van der Waals surface area contributed by atoms with Gasteiger partial charge in [0.1, 0.15) is 11.6 Å². The lowest BCUT2D eigenvalue weighted by atomic mass is 9.99. The summed E-state index contributed by atoms with van der Waals surface area (Å²) in [5, 5.41) is 0. The summed E-state index contributed by atoms with van der Waals surface area (Å²) in [5.74, 6) is 0.193. The molecule has 0 N–H and O–H groups in total. The fourth-order valence-electron chi connectivity index (χ4n) is 1.65. The second-order valence-electron chi connectivity index (χ2n) is 4.55. The first-order valence-electron chi connectivity index (χ1n) is 5.78. The molecule has 0 aromatic heterocycles.